The molecular weight excluding hydrogens is 528 g/mol. The summed E-state index contributed by atoms with van der Waals surface area (Å²) >= 11 is 0. The topological polar surface area (TPSA) is 142 Å². The molecule has 0 aromatic heterocycles. The van der Waals surface area contributed by atoms with Crippen LogP contribution in [0.3, 0.4) is 0 Å². The molecular formula is C28H38O12. The second kappa shape index (κ2) is 15.5. The van der Waals surface area contributed by atoms with Gasteiger partial charge >= 0.3 is 23.9 Å². The second-order valence-electron chi connectivity index (χ2n) is 9.75. The molecule has 2 saturated heterocycles. The largest absolute Gasteiger partial charge is 0.493 e. The molecule has 2 aliphatic rings. The number of aryl methyl sites for hydroxylation is 1. The molecule has 0 aliphatic carbocycles. The van der Waals surface area contributed by atoms with E-state index < -0.39 is 54.6 Å². The summed E-state index contributed by atoms with van der Waals surface area (Å²) in [5, 5.41) is 0. The molecule has 12 heteroatoms. The van der Waals surface area contributed by atoms with Gasteiger partial charge in [-0.2, -0.15) is 0 Å². The van der Waals surface area contributed by atoms with Gasteiger partial charge in [-0.15, -0.1) is 0 Å². The molecule has 0 bridgehead atoms. The van der Waals surface area contributed by atoms with Crippen LogP contribution >= 0.6 is 0 Å². The van der Waals surface area contributed by atoms with Crippen LogP contribution < -0.4 is 4.74 Å². The highest BCUT2D eigenvalue weighted by molar-refractivity contribution is 5.68. The molecule has 222 valence electrons. The monoisotopic (exact) mass is 566 g/mol. The quantitative estimate of drug-likeness (QED) is 0.185. The molecule has 0 saturated carbocycles. The minimum Gasteiger partial charge on any atom is -0.493 e. The van der Waals surface area contributed by atoms with Gasteiger partial charge < -0.3 is 37.9 Å². The molecule has 2 aliphatic heterocycles. The van der Waals surface area contributed by atoms with Gasteiger partial charge in [0.25, 0.3) is 0 Å². The van der Waals surface area contributed by atoms with E-state index in [2.05, 4.69) is 0 Å². The fourth-order valence-corrected chi connectivity index (χ4v) is 4.30. The predicted octanol–water partition coefficient (Wildman–Crippen LogP) is 2.13. The van der Waals surface area contributed by atoms with Crippen molar-refractivity contribution < 1.29 is 57.1 Å². The van der Waals surface area contributed by atoms with Crippen molar-refractivity contribution in [3.05, 3.63) is 29.8 Å². The van der Waals surface area contributed by atoms with E-state index in [-0.39, 0.29) is 13.2 Å². The number of carbonyl (C=O) groups excluding carboxylic acids is 4. The molecule has 0 spiro atoms. The maximum absolute atomic E-state index is 11.9. The molecule has 12 nitrogen and oxygen atoms in total. The maximum atomic E-state index is 11.9. The summed E-state index contributed by atoms with van der Waals surface area (Å²) in [6, 6.07) is 7.94. The van der Waals surface area contributed by atoms with Crippen LogP contribution in [0, 0.1) is 5.92 Å². The van der Waals surface area contributed by atoms with Gasteiger partial charge in [-0.05, 0) is 37.0 Å². The Morgan fingerprint density at radius 3 is 1.98 bits per heavy atom. The third-order valence-electron chi connectivity index (χ3n) is 6.21. The molecule has 5 atom stereocenters. The highest BCUT2D eigenvalue weighted by Crippen LogP contribution is 2.30. The van der Waals surface area contributed by atoms with Crippen molar-refractivity contribution in [3.63, 3.8) is 0 Å². The molecule has 2 fully saturated rings. The van der Waals surface area contributed by atoms with Crippen molar-refractivity contribution in [2.24, 2.45) is 5.92 Å². The minimum absolute atomic E-state index is 0.235. The highest BCUT2D eigenvalue weighted by atomic mass is 16.7. The molecule has 40 heavy (non-hydrogen) atoms. The van der Waals surface area contributed by atoms with E-state index in [9.17, 15) is 19.2 Å². The lowest BCUT2D eigenvalue weighted by Crippen LogP contribution is -2.63. The smallest absolute Gasteiger partial charge is 0.303 e. The number of hydrogen-bond donors (Lipinski definition) is 0. The Bertz CT molecular complexity index is 990. The summed E-state index contributed by atoms with van der Waals surface area (Å²) in [7, 11) is 0. The molecule has 0 N–H and O–H groups in total. The fourth-order valence-electron chi connectivity index (χ4n) is 4.30. The van der Waals surface area contributed by atoms with Crippen LogP contribution in [0.4, 0.5) is 0 Å². The standard InChI is InChI=1S/C28H38O12/c1-17(29)35-16-24-25(37-18(2)30)26(38-19(3)31)27(39-20(4)32)28(40-24)34-12-6-5-7-21-8-10-23(11-9-21)36-15-22-13-33-14-22/h8-11,22,24-28H,5-7,12-16H2,1-4H3/t24-,25-,26+,27-,28-/m1/s1. The van der Waals surface area contributed by atoms with Crippen LogP contribution in [0.1, 0.15) is 46.1 Å². The van der Waals surface area contributed by atoms with Gasteiger partial charge in [0.1, 0.15) is 18.5 Å². The number of benzene rings is 1. The Kier molecular flexibility index (Phi) is 12.2. The van der Waals surface area contributed by atoms with E-state index in [0.717, 1.165) is 37.4 Å². The van der Waals surface area contributed by atoms with E-state index in [4.69, 9.17) is 37.9 Å². The Hall–Kier alpha value is -3.22. The zero-order chi connectivity index (χ0) is 29.1. The van der Waals surface area contributed by atoms with Crippen LogP contribution in [0.5, 0.6) is 5.75 Å². The van der Waals surface area contributed by atoms with Crippen LogP contribution in [-0.4, -0.2) is 87.6 Å². The lowest BCUT2D eigenvalue weighted by Gasteiger charge is -2.44. The van der Waals surface area contributed by atoms with Crippen molar-refractivity contribution in [2.75, 3.05) is 33.0 Å². The summed E-state index contributed by atoms with van der Waals surface area (Å²) in [5.41, 5.74) is 1.15. The van der Waals surface area contributed by atoms with Crippen molar-refractivity contribution in [1.29, 1.82) is 0 Å². The normalized spacial score (nSPS) is 24.4. The number of hydrogen-bond acceptors (Lipinski definition) is 12. The first-order chi connectivity index (χ1) is 19.1. The molecule has 0 amide bonds. The van der Waals surface area contributed by atoms with E-state index in [0.29, 0.717) is 18.9 Å². The zero-order valence-corrected chi connectivity index (χ0v) is 23.3. The first kappa shape index (κ1) is 31.3. The van der Waals surface area contributed by atoms with E-state index in [1.807, 2.05) is 24.3 Å². The third-order valence-corrected chi connectivity index (χ3v) is 6.21. The molecule has 0 unspecified atom stereocenters. The number of carbonyl (C=O) groups is 4. The van der Waals surface area contributed by atoms with Gasteiger partial charge in [0.05, 0.1) is 19.8 Å². The van der Waals surface area contributed by atoms with E-state index in [1.165, 1.54) is 27.7 Å². The van der Waals surface area contributed by atoms with Crippen molar-refractivity contribution in [1.82, 2.24) is 0 Å². The lowest BCUT2D eigenvalue weighted by molar-refractivity contribution is -0.308. The van der Waals surface area contributed by atoms with Gasteiger partial charge in [-0.1, -0.05) is 12.1 Å². The van der Waals surface area contributed by atoms with Crippen molar-refractivity contribution >= 4 is 23.9 Å². The molecule has 3 rings (SSSR count). The number of rotatable bonds is 14. The summed E-state index contributed by atoms with van der Waals surface area (Å²) in [4.78, 5) is 47.1. The SMILES string of the molecule is CC(=O)OC[C@H]1O[C@@H](OCCCCc2ccc(OCC3COC3)cc2)[C@H](OC(C)=O)[C@@H](OC(C)=O)[C@@H]1OC(C)=O. The number of unbranched alkanes of at least 4 members (excludes halogenated alkanes) is 1. The predicted molar refractivity (Wildman–Crippen MR) is 137 cm³/mol. The summed E-state index contributed by atoms with van der Waals surface area (Å²) < 4.78 is 44.0. The Morgan fingerprint density at radius 1 is 0.775 bits per heavy atom. The van der Waals surface area contributed by atoms with Crippen LogP contribution in [0.2, 0.25) is 0 Å². The Labute approximate surface area is 233 Å². The Balaban J connectivity index is 1.58. The van der Waals surface area contributed by atoms with Crippen LogP contribution in [0.25, 0.3) is 0 Å². The minimum atomic E-state index is -1.25. The Morgan fingerprint density at radius 2 is 1.40 bits per heavy atom. The number of esters is 4. The first-order valence-corrected chi connectivity index (χ1v) is 13.3. The third kappa shape index (κ3) is 10.1. The molecule has 0 radical (unpaired) electrons. The highest BCUT2D eigenvalue weighted by Gasteiger charge is 2.52. The van der Waals surface area contributed by atoms with Gasteiger partial charge in [0.15, 0.2) is 24.6 Å². The summed E-state index contributed by atoms with van der Waals surface area (Å²) in [6.45, 7) is 6.82. The second-order valence-corrected chi connectivity index (χ2v) is 9.75. The summed E-state index contributed by atoms with van der Waals surface area (Å²) in [6.07, 6.45) is -3.64. The van der Waals surface area contributed by atoms with Gasteiger partial charge in [-0.3, -0.25) is 19.2 Å². The van der Waals surface area contributed by atoms with Gasteiger partial charge in [0, 0.05) is 40.2 Å². The molecule has 1 aromatic carbocycles. The van der Waals surface area contributed by atoms with Crippen molar-refractivity contribution in [2.45, 2.75) is 77.7 Å². The van der Waals surface area contributed by atoms with Crippen molar-refractivity contribution in [3.8, 4) is 5.75 Å². The first-order valence-electron chi connectivity index (χ1n) is 13.3. The van der Waals surface area contributed by atoms with Gasteiger partial charge in [-0.25, -0.2) is 0 Å². The van der Waals surface area contributed by atoms with Crippen LogP contribution in [0.15, 0.2) is 24.3 Å². The maximum Gasteiger partial charge on any atom is 0.303 e. The average Bonchev–Trinajstić information content (AvgIpc) is 2.85. The van der Waals surface area contributed by atoms with Gasteiger partial charge in [0.2, 0.25) is 0 Å². The zero-order valence-electron chi connectivity index (χ0n) is 23.3. The average molecular weight is 567 g/mol. The van der Waals surface area contributed by atoms with E-state index in [1.54, 1.807) is 0 Å². The van der Waals surface area contributed by atoms with Crippen LogP contribution in [-0.2, 0) is 58.8 Å². The lowest BCUT2D eigenvalue weighted by atomic mass is 9.98. The number of ether oxygens (including phenoxy) is 8. The molecule has 1 aromatic rings. The summed E-state index contributed by atoms with van der Waals surface area (Å²) in [5.74, 6) is -1.36. The van der Waals surface area contributed by atoms with E-state index >= 15 is 0 Å². The molecule has 2 heterocycles. The fraction of sp³-hybridized carbons (Fsp3) is 0.643.